The normalized spacial score (nSPS) is 26.9. The molecule has 0 saturated carbocycles. The maximum Gasteiger partial charge on any atom is 0.328 e. The lowest BCUT2D eigenvalue weighted by atomic mass is 10.1. The molecule has 0 aromatic heterocycles. The fourth-order valence-electron chi connectivity index (χ4n) is 2.50. The van der Waals surface area contributed by atoms with Gasteiger partial charge in [0.15, 0.2) is 0 Å². The molecule has 2 saturated heterocycles. The molecule has 2 fully saturated rings. The van der Waals surface area contributed by atoms with Gasteiger partial charge in [-0.2, -0.15) is 0 Å². The van der Waals surface area contributed by atoms with Gasteiger partial charge in [0.25, 0.3) is 0 Å². The third-order valence-corrected chi connectivity index (χ3v) is 5.40. The number of nitrogens with one attached hydrogen (secondary N) is 1. The third-order valence-electron chi connectivity index (χ3n) is 3.66. The lowest BCUT2D eigenvalue weighted by molar-refractivity contribution is -0.144. The second kappa shape index (κ2) is 7.26. The van der Waals surface area contributed by atoms with E-state index in [4.69, 9.17) is 17.0 Å². The average molecular weight is 316 g/mol. The van der Waals surface area contributed by atoms with Crippen molar-refractivity contribution in [3.05, 3.63) is 0 Å². The van der Waals surface area contributed by atoms with E-state index in [-0.39, 0.29) is 17.1 Å². The van der Waals surface area contributed by atoms with E-state index in [9.17, 15) is 9.59 Å². The van der Waals surface area contributed by atoms with Crippen molar-refractivity contribution in [3.8, 4) is 0 Å². The van der Waals surface area contributed by atoms with Gasteiger partial charge in [0, 0.05) is 13.1 Å². The SMILES string of the molecule is COC(=O)[C@H]1CCC[C@@H](SC(=S)N2CCCC2)C(=O)N1. The van der Waals surface area contributed by atoms with E-state index in [1.807, 2.05) is 0 Å². The number of amides is 1. The second-order valence-corrected chi connectivity index (χ2v) is 6.92. The van der Waals surface area contributed by atoms with Gasteiger partial charge in [0.2, 0.25) is 5.91 Å². The van der Waals surface area contributed by atoms with E-state index in [0.717, 1.165) is 30.3 Å². The molecule has 0 aromatic rings. The zero-order valence-electron chi connectivity index (χ0n) is 11.6. The molecule has 2 aliphatic heterocycles. The van der Waals surface area contributed by atoms with Crippen LogP contribution in [0.5, 0.6) is 0 Å². The molecule has 0 unspecified atom stereocenters. The van der Waals surface area contributed by atoms with Crippen molar-refractivity contribution in [1.29, 1.82) is 0 Å². The Morgan fingerprint density at radius 1 is 1.35 bits per heavy atom. The van der Waals surface area contributed by atoms with Gasteiger partial charge >= 0.3 is 5.97 Å². The highest BCUT2D eigenvalue weighted by Gasteiger charge is 2.31. The molecular formula is C13H20N2O3S2. The van der Waals surface area contributed by atoms with Crippen molar-refractivity contribution in [2.75, 3.05) is 20.2 Å². The van der Waals surface area contributed by atoms with Crippen molar-refractivity contribution >= 4 is 40.2 Å². The van der Waals surface area contributed by atoms with E-state index in [1.165, 1.54) is 31.7 Å². The number of hydrogen-bond donors (Lipinski definition) is 1. The van der Waals surface area contributed by atoms with Crippen LogP contribution in [0, 0.1) is 0 Å². The minimum atomic E-state index is -0.515. The Morgan fingerprint density at radius 2 is 2.05 bits per heavy atom. The predicted octanol–water partition coefficient (Wildman–Crippen LogP) is 1.31. The van der Waals surface area contributed by atoms with E-state index in [2.05, 4.69) is 10.2 Å². The van der Waals surface area contributed by atoms with Gasteiger partial charge in [0.1, 0.15) is 10.4 Å². The Balaban J connectivity index is 1.90. The van der Waals surface area contributed by atoms with Gasteiger partial charge in [0.05, 0.1) is 12.4 Å². The maximum absolute atomic E-state index is 12.2. The standard InChI is InChI=1S/C13H20N2O3S2/c1-18-12(17)9-5-4-6-10(11(16)14-9)20-13(19)15-7-2-3-8-15/h9-10H,2-8H2,1H3,(H,14,16)/t9-,10-/m1/s1. The van der Waals surface area contributed by atoms with Gasteiger partial charge in [-0.25, -0.2) is 4.79 Å². The lowest BCUT2D eigenvalue weighted by Crippen LogP contribution is -2.43. The van der Waals surface area contributed by atoms with E-state index in [1.54, 1.807) is 0 Å². The Hall–Kier alpha value is -0.820. The second-order valence-electron chi connectivity index (χ2n) is 5.08. The number of methoxy groups -OCH3 is 1. The lowest BCUT2D eigenvalue weighted by Gasteiger charge is -2.21. The number of carbonyl (C=O) groups is 2. The van der Waals surface area contributed by atoms with Crippen LogP contribution < -0.4 is 5.32 Å². The minimum Gasteiger partial charge on any atom is -0.467 e. The molecule has 2 rings (SSSR count). The smallest absolute Gasteiger partial charge is 0.328 e. The summed E-state index contributed by atoms with van der Waals surface area (Å²) in [6, 6.07) is -0.515. The molecule has 2 heterocycles. The molecule has 112 valence electrons. The number of hydrogen-bond acceptors (Lipinski definition) is 5. The average Bonchev–Trinajstić information content (AvgIpc) is 2.92. The molecule has 1 N–H and O–H groups in total. The first-order valence-electron chi connectivity index (χ1n) is 6.95. The summed E-state index contributed by atoms with van der Waals surface area (Å²) in [5, 5.41) is 2.57. The molecule has 20 heavy (non-hydrogen) atoms. The Bertz CT molecular complexity index is 397. The van der Waals surface area contributed by atoms with Gasteiger partial charge < -0.3 is 15.0 Å². The van der Waals surface area contributed by atoms with Crippen LogP contribution in [0.15, 0.2) is 0 Å². The number of thioether (sulfide) groups is 1. The summed E-state index contributed by atoms with van der Waals surface area (Å²) in [7, 11) is 1.34. The summed E-state index contributed by atoms with van der Waals surface area (Å²) >= 11 is 6.87. The van der Waals surface area contributed by atoms with Crippen molar-refractivity contribution in [2.24, 2.45) is 0 Å². The van der Waals surface area contributed by atoms with E-state index < -0.39 is 6.04 Å². The van der Waals surface area contributed by atoms with Gasteiger partial charge in [-0.3, -0.25) is 4.79 Å². The number of rotatable bonds is 2. The molecule has 0 aliphatic carbocycles. The van der Waals surface area contributed by atoms with Crippen LogP contribution in [0.3, 0.4) is 0 Å². The van der Waals surface area contributed by atoms with E-state index in [0.29, 0.717) is 6.42 Å². The maximum atomic E-state index is 12.2. The number of nitrogens with zero attached hydrogens (tertiary/aromatic N) is 1. The molecule has 5 nitrogen and oxygen atoms in total. The highest BCUT2D eigenvalue weighted by Crippen LogP contribution is 2.26. The minimum absolute atomic E-state index is 0.107. The number of esters is 1. The van der Waals surface area contributed by atoms with Gasteiger partial charge in [-0.1, -0.05) is 24.0 Å². The van der Waals surface area contributed by atoms with E-state index >= 15 is 0 Å². The zero-order valence-corrected chi connectivity index (χ0v) is 13.2. The molecular weight excluding hydrogens is 296 g/mol. The van der Waals surface area contributed by atoms with Crippen LogP contribution in [0.4, 0.5) is 0 Å². The Morgan fingerprint density at radius 3 is 2.70 bits per heavy atom. The highest BCUT2D eigenvalue weighted by molar-refractivity contribution is 8.23. The summed E-state index contributed by atoms with van der Waals surface area (Å²) < 4.78 is 5.50. The first-order valence-corrected chi connectivity index (χ1v) is 8.24. The third kappa shape index (κ3) is 3.85. The first-order chi connectivity index (χ1) is 9.61. The van der Waals surface area contributed by atoms with Crippen LogP contribution in [0.1, 0.15) is 32.1 Å². The monoisotopic (exact) mass is 316 g/mol. The fourth-order valence-corrected chi connectivity index (χ4v) is 4.07. The Labute approximate surface area is 128 Å². The molecule has 1 amide bonds. The van der Waals surface area contributed by atoms with Crippen molar-refractivity contribution in [1.82, 2.24) is 10.2 Å². The largest absolute Gasteiger partial charge is 0.467 e. The predicted molar refractivity (Wildman–Crippen MR) is 82.6 cm³/mol. The molecule has 0 spiro atoms. The number of ether oxygens (including phenoxy) is 1. The number of likely N-dealkylation sites (tertiary alicyclic amines) is 1. The quantitative estimate of drug-likeness (QED) is 0.612. The molecule has 0 bridgehead atoms. The van der Waals surface area contributed by atoms with Crippen molar-refractivity contribution in [2.45, 2.75) is 43.4 Å². The van der Waals surface area contributed by atoms with Crippen LogP contribution in [-0.4, -0.2) is 52.6 Å². The summed E-state index contributed by atoms with van der Waals surface area (Å²) in [4.78, 5) is 25.9. The van der Waals surface area contributed by atoms with Crippen LogP contribution in [0.25, 0.3) is 0 Å². The summed E-state index contributed by atoms with van der Waals surface area (Å²) in [6.45, 7) is 1.98. The summed E-state index contributed by atoms with van der Waals surface area (Å²) in [6.07, 6.45) is 4.53. The van der Waals surface area contributed by atoms with Gasteiger partial charge in [-0.15, -0.1) is 0 Å². The molecule has 0 aromatic carbocycles. The number of carbonyl (C=O) groups excluding carboxylic acids is 2. The highest BCUT2D eigenvalue weighted by atomic mass is 32.2. The molecule has 2 atom stereocenters. The number of thiocarbonyl (C=S) groups is 1. The molecule has 7 heteroatoms. The Kier molecular flexibility index (Phi) is 5.65. The zero-order chi connectivity index (χ0) is 14.5. The fraction of sp³-hybridized carbons (Fsp3) is 0.769. The van der Waals surface area contributed by atoms with Crippen molar-refractivity contribution < 1.29 is 14.3 Å². The molecule has 2 aliphatic rings. The summed E-state index contributed by atoms with van der Waals surface area (Å²) in [5.41, 5.74) is 0. The topological polar surface area (TPSA) is 58.6 Å². The van der Waals surface area contributed by atoms with Crippen LogP contribution in [-0.2, 0) is 14.3 Å². The van der Waals surface area contributed by atoms with Crippen LogP contribution >= 0.6 is 24.0 Å². The first kappa shape index (κ1) is 15.6. The summed E-state index contributed by atoms with van der Waals surface area (Å²) in [5.74, 6) is -0.476. The van der Waals surface area contributed by atoms with Crippen molar-refractivity contribution in [3.63, 3.8) is 0 Å². The molecule has 0 radical (unpaired) electrons. The van der Waals surface area contributed by atoms with Crippen LogP contribution in [0.2, 0.25) is 0 Å². The van der Waals surface area contributed by atoms with Gasteiger partial charge in [-0.05, 0) is 32.1 Å².